The van der Waals surface area contributed by atoms with Gasteiger partial charge < -0.3 is 10.6 Å². The molecular weight excluding hydrogens is 354 g/mol. The van der Waals surface area contributed by atoms with E-state index in [4.69, 9.17) is 0 Å². The Morgan fingerprint density at radius 2 is 1.82 bits per heavy atom. The molecule has 0 saturated carbocycles. The average molecular weight is 377 g/mol. The van der Waals surface area contributed by atoms with Crippen LogP contribution >= 0.6 is 0 Å². The number of hydrogen-bond acceptors (Lipinski definition) is 4. The van der Waals surface area contributed by atoms with Gasteiger partial charge in [0.1, 0.15) is 17.8 Å². The lowest BCUT2D eigenvalue weighted by molar-refractivity contribution is -0.118. The first kappa shape index (κ1) is 19.3. The van der Waals surface area contributed by atoms with Gasteiger partial charge in [-0.3, -0.25) is 14.2 Å². The van der Waals surface area contributed by atoms with Gasteiger partial charge in [0, 0.05) is 18.7 Å². The molecular formula is C21H23N5O2. The van der Waals surface area contributed by atoms with E-state index in [0.717, 1.165) is 5.56 Å². The van der Waals surface area contributed by atoms with Crippen molar-refractivity contribution in [2.24, 2.45) is 5.92 Å². The second kappa shape index (κ2) is 8.47. The number of nitrogens with one attached hydrogen (secondary N) is 2. The summed E-state index contributed by atoms with van der Waals surface area (Å²) >= 11 is 0. The summed E-state index contributed by atoms with van der Waals surface area (Å²) in [6.07, 6.45) is 4.74. The van der Waals surface area contributed by atoms with Crippen molar-refractivity contribution in [3.8, 4) is 5.82 Å². The number of anilines is 1. The Bertz CT molecular complexity index is 959. The van der Waals surface area contributed by atoms with Gasteiger partial charge >= 0.3 is 0 Å². The van der Waals surface area contributed by atoms with Gasteiger partial charge in [0.05, 0.1) is 11.9 Å². The largest absolute Gasteiger partial charge is 0.347 e. The fourth-order valence-electron chi connectivity index (χ4n) is 2.44. The van der Waals surface area contributed by atoms with Crippen LogP contribution in [0.3, 0.4) is 0 Å². The molecule has 7 nitrogen and oxygen atoms in total. The molecule has 0 spiro atoms. The van der Waals surface area contributed by atoms with Crippen molar-refractivity contribution < 1.29 is 9.59 Å². The standard InChI is InChI=1S/C21H23N5O2/c1-14(2)20(27)25-17-8-9-19(22-11-17)26-12-18(24-13-26)21(28)23-10-16-6-4-15(3)5-7-16/h4-9,11-14H,10H2,1-3H3,(H,23,28)(H,25,27). The highest BCUT2D eigenvalue weighted by atomic mass is 16.2. The molecule has 2 N–H and O–H groups in total. The summed E-state index contributed by atoms with van der Waals surface area (Å²) < 4.78 is 1.66. The number of hydrogen-bond donors (Lipinski definition) is 2. The van der Waals surface area contributed by atoms with Crippen molar-refractivity contribution in [3.05, 3.63) is 71.9 Å². The zero-order valence-electron chi connectivity index (χ0n) is 16.1. The molecule has 0 aliphatic carbocycles. The second-order valence-corrected chi connectivity index (χ2v) is 6.88. The predicted molar refractivity (Wildman–Crippen MR) is 107 cm³/mol. The van der Waals surface area contributed by atoms with Crippen molar-refractivity contribution >= 4 is 17.5 Å². The van der Waals surface area contributed by atoms with E-state index in [0.29, 0.717) is 23.7 Å². The van der Waals surface area contributed by atoms with Crippen LogP contribution in [0.4, 0.5) is 5.69 Å². The maximum Gasteiger partial charge on any atom is 0.271 e. The summed E-state index contributed by atoms with van der Waals surface area (Å²) in [5.41, 5.74) is 3.14. The first-order valence-corrected chi connectivity index (χ1v) is 9.07. The van der Waals surface area contributed by atoms with Gasteiger partial charge in [0.15, 0.2) is 0 Å². The van der Waals surface area contributed by atoms with Crippen molar-refractivity contribution in [1.82, 2.24) is 19.9 Å². The Morgan fingerprint density at radius 3 is 2.46 bits per heavy atom. The quantitative estimate of drug-likeness (QED) is 0.691. The van der Waals surface area contributed by atoms with E-state index in [-0.39, 0.29) is 17.7 Å². The van der Waals surface area contributed by atoms with Gasteiger partial charge in [-0.25, -0.2) is 9.97 Å². The number of aryl methyl sites for hydroxylation is 1. The van der Waals surface area contributed by atoms with Crippen LogP contribution in [-0.2, 0) is 11.3 Å². The molecule has 2 heterocycles. The van der Waals surface area contributed by atoms with E-state index in [9.17, 15) is 9.59 Å². The molecule has 28 heavy (non-hydrogen) atoms. The number of aromatic nitrogens is 3. The molecule has 1 aromatic carbocycles. The Kier molecular flexibility index (Phi) is 5.84. The summed E-state index contributed by atoms with van der Waals surface area (Å²) in [6, 6.07) is 11.5. The first-order chi connectivity index (χ1) is 13.4. The molecule has 3 rings (SSSR count). The number of pyridine rings is 1. The van der Waals surface area contributed by atoms with Crippen molar-refractivity contribution in [3.63, 3.8) is 0 Å². The smallest absolute Gasteiger partial charge is 0.271 e. The van der Waals surface area contributed by atoms with Crippen LogP contribution in [-0.4, -0.2) is 26.3 Å². The molecule has 0 atom stereocenters. The van der Waals surface area contributed by atoms with E-state index in [1.165, 1.54) is 11.9 Å². The zero-order chi connectivity index (χ0) is 20.1. The topological polar surface area (TPSA) is 88.9 Å². The third-order valence-electron chi connectivity index (χ3n) is 4.19. The molecule has 3 aromatic rings. The van der Waals surface area contributed by atoms with Gasteiger partial charge in [-0.05, 0) is 24.6 Å². The molecule has 7 heteroatoms. The van der Waals surface area contributed by atoms with E-state index < -0.39 is 0 Å². The van der Waals surface area contributed by atoms with Crippen molar-refractivity contribution in [2.75, 3.05) is 5.32 Å². The maximum absolute atomic E-state index is 12.3. The lowest BCUT2D eigenvalue weighted by Crippen LogP contribution is -2.23. The van der Waals surface area contributed by atoms with Crippen LogP contribution in [0.1, 0.15) is 35.5 Å². The van der Waals surface area contributed by atoms with E-state index in [2.05, 4.69) is 20.6 Å². The third kappa shape index (κ3) is 4.82. The Balaban J connectivity index is 1.62. The van der Waals surface area contributed by atoms with Crippen LogP contribution < -0.4 is 10.6 Å². The fourth-order valence-corrected chi connectivity index (χ4v) is 2.44. The number of amides is 2. The highest BCUT2D eigenvalue weighted by molar-refractivity contribution is 5.92. The van der Waals surface area contributed by atoms with Crippen molar-refractivity contribution in [2.45, 2.75) is 27.3 Å². The summed E-state index contributed by atoms with van der Waals surface area (Å²) in [4.78, 5) is 32.5. The SMILES string of the molecule is Cc1ccc(CNC(=O)c2cn(-c3ccc(NC(=O)C(C)C)cn3)cn2)cc1. The molecule has 144 valence electrons. The lowest BCUT2D eigenvalue weighted by Gasteiger charge is -2.08. The molecule has 0 bridgehead atoms. The monoisotopic (exact) mass is 377 g/mol. The summed E-state index contributed by atoms with van der Waals surface area (Å²) in [6.45, 7) is 6.12. The number of carbonyl (C=O) groups is 2. The normalized spacial score (nSPS) is 10.7. The number of rotatable bonds is 6. The molecule has 0 fully saturated rings. The Hall–Kier alpha value is -3.48. The second-order valence-electron chi connectivity index (χ2n) is 6.88. The van der Waals surface area contributed by atoms with Crippen LogP contribution in [0.2, 0.25) is 0 Å². The lowest BCUT2D eigenvalue weighted by atomic mass is 10.1. The van der Waals surface area contributed by atoms with Crippen LogP contribution in [0, 0.1) is 12.8 Å². The van der Waals surface area contributed by atoms with Gasteiger partial charge in [-0.15, -0.1) is 0 Å². The summed E-state index contributed by atoms with van der Waals surface area (Å²) in [7, 11) is 0. The molecule has 0 aliphatic heterocycles. The molecule has 0 radical (unpaired) electrons. The Labute approximate surface area is 163 Å². The van der Waals surface area contributed by atoms with E-state index in [1.54, 1.807) is 29.1 Å². The van der Waals surface area contributed by atoms with Gasteiger partial charge in [-0.1, -0.05) is 43.7 Å². The molecule has 2 amide bonds. The average Bonchev–Trinajstić information content (AvgIpc) is 3.18. The van der Waals surface area contributed by atoms with Crippen LogP contribution in [0.5, 0.6) is 0 Å². The highest BCUT2D eigenvalue weighted by Crippen LogP contribution is 2.12. The highest BCUT2D eigenvalue weighted by Gasteiger charge is 2.11. The summed E-state index contributed by atoms with van der Waals surface area (Å²) in [5.74, 6) is 0.187. The number of carbonyl (C=O) groups excluding carboxylic acids is 2. The van der Waals surface area contributed by atoms with Gasteiger partial charge in [0.25, 0.3) is 5.91 Å². The van der Waals surface area contributed by atoms with Gasteiger partial charge in [-0.2, -0.15) is 0 Å². The molecule has 0 aliphatic rings. The van der Waals surface area contributed by atoms with E-state index >= 15 is 0 Å². The van der Waals surface area contributed by atoms with Crippen LogP contribution in [0.25, 0.3) is 5.82 Å². The van der Waals surface area contributed by atoms with Gasteiger partial charge in [0.2, 0.25) is 5.91 Å². The minimum Gasteiger partial charge on any atom is -0.347 e. The number of benzene rings is 1. The third-order valence-corrected chi connectivity index (χ3v) is 4.19. The molecule has 0 unspecified atom stereocenters. The summed E-state index contributed by atoms with van der Waals surface area (Å²) in [5, 5.41) is 5.65. The number of nitrogens with zero attached hydrogens (tertiary/aromatic N) is 3. The zero-order valence-corrected chi connectivity index (χ0v) is 16.1. The van der Waals surface area contributed by atoms with E-state index in [1.807, 2.05) is 45.0 Å². The number of imidazole rings is 1. The van der Waals surface area contributed by atoms with Crippen LogP contribution in [0.15, 0.2) is 55.1 Å². The van der Waals surface area contributed by atoms with Crippen molar-refractivity contribution in [1.29, 1.82) is 0 Å². The Morgan fingerprint density at radius 1 is 1.07 bits per heavy atom. The minimum absolute atomic E-state index is 0.0651. The predicted octanol–water partition coefficient (Wildman–Crippen LogP) is 3.10. The fraction of sp³-hybridized carbons (Fsp3) is 0.238. The molecule has 2 aromatic heterocycles. The maximum atomic E-state index is 12.3. The first-order valence-electron chi connectivity index (χ1n) is 9.07. The minimum atomic E-state index is -0.250. The molecule has 0 saturated heterocycles.